The lowest BCUT2D eigenvalue weighted by atomic mass is 9.96. The van der Waals surface area contributed by atoms with Gasteiger partial charge < -0.3 is 18.9 Å². The average Bonchev–Trinajstić information content (AvgIpc) is 3.32. The largest absolute Gasteiger partial charge is 0.493 e. The topological polar surface area (TPSA) is 88.4 Å². The van der Waals surface area contributed by atoms with Gasteiger partial charge in [-0.25, -0.2) is 9.79 Å². The maximum Gasteiger partial charge on any atom is 0.338 e. The van der Waals surface area contributed by atoms with Crippen molar-refractivity contribution in [3.8, 4) is 17.2 Å². The van der Waals surface area contributed by atoms with Crippen LogP contribution in [-0.4, -0.2) is 31.4 Å². The Morgan fingerprint density at radius 1 is 1.02 bits per heavy atom. The molecule has 0 spiro atoms. The van der Waals surface area contributed by atoms with Gasteiger partial charge >= 0.3 is 5.97 Å². The molecule has 5 rings (SSSR count). The number of esters is 1. The van der Waals surface area contributed by atoms with Crippen molar-refractivity contribution in [3.05, 3.63) is 133 Å². The number of benzene rings is 3. The van der Waals surface area contributed by atoms with Crippen molar-refractivity contribution in [1.29, 1.82) is 0 Å². The standard InChI is InChI=1S/C33H30N2O6S/c1-5-17-40-32(37)29-21(2)34-33-35(31(36)28(42-33)19-23-11-16-26(38-3)27(18-23)39-4)30(29)24-12-14-25(15-13-24)41-20-22-9-7-6-8-10-22/h5-16,18-19,30H,1,17,20H2,2-4H3/b28-19-. The predicted molar refractivity (Wildman–Crippen MR) is 162 cm³/mol. The Morgan fingerprint density at radius 3 is 2.45 bits per heavy atom. The van der Waals surface area contributed by atoms with Gasteiger partial charge in [-0.05, 0) is 54.0 Å². The zero-order chi connectivity index (χ0) is 29.6. The van der Waals surface area contributed by atoms with E-state index in [4.69, 9.17) is 18.9 Å². The summed E-state index contributed by atoms with van der Waals surface area (Å²) in [6.07, 6.45) is 3.28. The Labute approximate surface area is 247 Å². The first-order valence-corrected chi connectivity index (χ1v) is 14.0. The van der Waals surface area contributed by atoms with Crippen LogP contribution in [0.1, 0.15) is 29.7 Å². The molecular formula is C33H30N2O6S. The molecule has 0 amide bonds. The zero-order valence-electron chi connectivity index (χ0n) is 23.5. The van der Waals surface area contributed by atoms with E-state index in [0.717, 1.165) is 16.7 Å². The van der Waals surface area contributed by atoms with E-state index in [1.807, 2.05) is 60.7 Å². The number of nitrogens with zero attached hydrogens (tertiary/aromatic N) is 2. The molecular weight excluding hydrogens is 552 g/mol. The maximum atomic E-state index is 13.9. The summed E-state index contributed by atoms with van der Waals surface area (Å²) in [6, 6.07) is 21.9. The van der Waals surface area contributed by atoms with E-state index in [9.17, 15) is 9.59 Å². The number of methoxy groups -OCH3 is 2. The Bertz CT molecular complexity index is 1820. The first-order valence-electron chi connectivity index (χ1n) is 13.2. The van der Waals surface area contributed by atoms with E-state index in [1.165, 1.54) is 17.4 Å². The fourth-order valence-corrected chi connectivity index (χ4v) is 5.74. The van der Waals surface area contributed by atoms with Gasteiger partial charge in [-0.1, -0.05) is 72.5 Å². The second-order valence-corrected chi connectivity index (χ2v) is 10.4. The summed E-state index contributed by atoms with van der Waals surface area (Å²) in [4.78, 5) is 32.3. The number of fused-ring (bicyclic) bond motifs is 1. The highest BCUT2D eigenvalue weighted by molar-refractivity contribution is 7.07. The van der Waals surface area contributed by atoms with Crippen molar-refractivity contribution in [1.82, 2.24) is 4.57 Å². The molecule has 4 aromatic rings. The number of hydrogen-bond acceptors (Lipinski definition) is 8. The van der Waals surface area contributed by atoms with E-state index in [1.54, 1.807) is 43.9 Å². The molecule has 0 fully saturated rings. The van der Waals surface area contributed by atoms with Gasteiger partial charge in [0.15, 0.2) is 16.3 Å². The molecule has 0 aliphatic carbocycles. The second kappa shape index (κ2) is 12.7. The van der Waals surface area contributed by atoms with Gasteiger partial charge in [0.05, 0.1) is 36.1 Å². The van der Waals surface area contributed by atoms with E-state index < -0.39 is 12.0 Å². The number of carbonyl (C=O) groups is 1. The Balaban J connectivity index is 1.56. The molecule has 8 nitrogen and oxygen atoms in total. The molecule has 0 saturated heterocycles. The van der Waals surface area contributed by atoms with Crippen LogP contribution in [-0.2, 0) is 16.1 Å². The van der Waals surface area contributed by atoms with Crippen molar-refractivity contribution < 1.29 is 23.7 Å². The summed E-state index contributed by atoms with van der Waals surface area (Å²) in [5, 5.41) is 0. The number of carbonyl (C=O) groups excluding carboxylic acids is 1. The van der Waals surface area contributed by atoms with Gasteiger partial charge in [-0.2, -0.15) is 0 Å². The summed E-state index contributed by atoms with van der Waals surface area (Å²) < 4.78 is 24.1. The van der Waals surface area contributed by atoms with Crippen LogP contribution in [0.4, 0.5) is 0 Å². The van der Waals surface area contributed by atoms with Crippen molar-refractivity contribution in [2.75, 3.05) is 20.8 Å². The Hall–Kier alpha value is -4.89. The fourth-order valence-electron chi connectivity index (χ4n) is 4.69. The molecule has 9 heteroatoms. The van der Waals surface area contributed by atoms with Crippen LogP contribution >= 0.6 is 11.3 Å². The van der Waals surface area contributed by atoms with E-state index in [0.29, 0.717) is 44.5 Å². The quantitative estimate of drug-likeness (QED) is 0.201. The molecule has 1 aliphatic heterocycles. The number of rotatable bonds is 10. The average molecular weight is 583 g/mol. The lowest BCUT2D eigenvalue weighted by Crippen LogP contribution is -2.39. The van der Waals surface area contributed by atoms with Crippen LogP contribution in [0.15, 0.2) is 107 Å². The second-order valence-electron chi connectivity index (χ2n) is 9.43. The molecule has 1 atom stereocenters. The number of ether oxygens (including phenoxy) is 4. The third kappa shape index (κ3) is 5.91. The van der Waals surface area contributed by atoms with Crippen LogP contribution in [0.3, 0.4) is 0 Å². The third-order valence-corrected chi connectivity index (χ3v) is 7.71. The molecule has 42 heavy (non-hydrogen) atoms. The van der Waals surface area contributed by atoms with Crippen LogP contribution in [0.2, 0.25) is 0 Å². The molecule has 0 radical (unpaired) electrons. The molecule has 0 saturated carbocycles. The summed E-state index contributed by atoms with van der Waals surface area (Å²) >= 11 is 1.25. The molecule has 0 N–H and O–H groups in total. The van der Waals surface area contributed by atoms with Crippen LogP contribution in [0.5, 0.6) is 17.2 Å². The van der Waals surface area contributed by atoms with Gasteiger partial charge in [0.1, 0.15) is 19.0 Å². The summed E-state index contributed by atoms with van der Waals surface area (Å²) in [7, 11) is 3.13. The monoisotopic (exact) mass is 582 g/mol. The fraction of sp³-hybridized carbons (Fsp3) is 0.182. The third-order valence-electron chi connectivity index (χ3n) is 6.72. The van der Waals surface area contributed by atoms with Gasteiger partial charge in [0, 0.05) is 0 Å². The smallest absolute Gasteiger partial charge is 0.338 e. The highest BCUT2D eigenvalue weighted by Gasteiger charge is 2.33. The molecule has 2 heterocycles. The van der Waals surface area contributed by atoms with Crippen LogP contribution < -0.4 is 29.1 Å². The SMILES string of the molecule is C=CCOC(=O)C1=C(C)N=c2s/c(=C\c3ccc(OC)c(OC)c3)c(=O)n2C1c1ccc(OCc2ccccc2)cc1. The molecule has 0 bridgehead atoms. The number of aromatic nitrogens is 1. The lowest BCUT2D eigenvalue weighted by Gasteiger charge is -2.24. The number of allylic oxidation sites excluding steroid dienone is 1. The Kier molecular flexibility index (Phi) is 8.68. The first kappa shape index (κ1) is 28.6. The van der Waals surface area contributed by atoms with E-state index in [-0.39, 0.29) is 12.2 Å². The summed E-state index contributed by atoms with van der Waals surface area (Å²) in [5.74, 6) is 1.25. The summed E-state index contributed by atoms with van der Waals surface area (Å²) in [6.45, 7) is 5.85. The zero-order valence-corrected chi connectivity index (χ0v) is 24.4. The summed E-state index contributed by atoms with van der Waals surface area (Å²) in [5.41, 5.74) is 3.03. The van der Waals surface area contributed by atoms with Gasteiger partial charge in [-0.15, -0.1) is 0 Å². The first-order chi connectivity index (χ1) is 20.4. The number of hydrogen-bond donors (Lipinski definition) is 0. The molecule has 1 unspecified atom stereocenters. The van der Waals surface area contributed by atoms with E-state index >= 15 is 0 Å². The minimum Gasteiger partial charge on any atom is -0.493 e. The predicted octanol–water partition coefficient (Wildman–Crippen LogP) is 4.56. The van der Waals surface area contributed by atoms with E-state index in [2.05, 4.69) is 11.6 Å². The molecule has 1 aromatic heterocycles. The normalized spacial score (nSPS) is 14.5. The van der Waals surface area contributed by atoms with Crippen molar-refractivity contribution in [2.24, 2.45) is 4.99 Å². The van der Waals surface area contributed by atoms with Crippen molar-refractivity contribution in [3.63, 3.8) is 0 Å². The van der Waals surface area contributed by atoms with Gasteiger partial charge in [0.2, 0.25) is 0 Å². The van der Waals surface area contributed by atoms with Crippen LogP contribution in [0.25, 0.3) is 6.08 Å². The lowest BCUT2D eigenvalue weighted by molar-refractivity contribution is -0.138. The highest BCUT2D eigenvalue weighted by Crippen LogP contribution is 2.32. The van der Waals surface area contributed by atoms with Crippen LogP contribution in [0, 0.1) is 0 Å². The molecule has 214 valence electrons. The Morgan fingerprint density at radius 2 is 1.76 bits per heavy atom. The van der Waals surface area contributed by atoms with Gasteiger partial charge in [-0.3, -0.25) is 9.36 Å². The highest BCUT2D eigenvalue weighted by atomic mass is 32.1. The van der Waals surface area contributed by atoms with Crippen molar-refractivity contribution in [2.45, 2.75) is 19.6 Å². The molecule has 3 aromatic carbocycles. The minimum atomic E-state index is -0.741. The van der Waals surface area contributed by atoms with Crippen molar-refractivity contribution >= 4 is 23.4 Å². The maximum absolute atomic E-state index is 13.9. The molecule has 1 aliphatic rings. The van der Waals surface area contributed by atoms with Gasteiger partial charge in [0.25, 0.3) is 5.56 Å². The minimum absolute atomic E-state index is 0.0400. The number of thiazole rings is 1.